The summed E-state index contributed by atoms with van der Waals surface area (Å²) >= 11 is 1.73. The van der Waals surface area contributed by atoms with Crippen molar-refractivity contribution in [3.63, 3.8) is 0 Å². The van der Waals surface area contributed by atoms with E-state index in [1.165, 1.54) is 24.2 Å². The molecule has 0 N–H and O–H groups in total. The normalized spacial score (nSPS) is 13.5. The maximum atomic E-state index is 6.41. The summed E-state index contributed by atoms with van der Waals surface area (Å²) in [5, 5.41) is 1.92. The van der Waals surface area contributed by atoms with E-state index in [0.29, 0.717) is 39.6 Å². The maximum Gasteiger partial charge on any atom is 0.515 e. The molecule has 0 aliphatic rings. The lowest BCUT2D eigenvalue weighted by molar-refractivity contribution is 0.0115. The van der Waals surface area contributed by atoms with Crippen LogP contribution in [0.15, 0.2) is 12.0 Å². The van der Waals surface area contributed by atoms with E-state index in [1.807, 2.05) is 19.3 Å². The summed E-state index contributed by atoms with van der Waals surface area (Å²) in [6, 6.07) is 5.28. The first-order valence-electron chi connectivity index (χ1n) is 12.4. The van der Waals surface area contributed by atoms with Gasteiger partial charge in [0.25, 0.3) is 0 Å². The van der Waals surface area contributed by atoms with Gasteiger partial charge in [-0.05, 0) is 32.1 Å². The van der Waals surface area contributed by atoms with Crippen molar-refractivity contribution in [2.75, 3.05) is 46.2 Å². The summed E-state index contributed by atoms with van der Waals surface area (Å²) in [7, 11) is -4.09. The van der Waals surface area contributed by atoms with Crippen LogP contribution in [-0.2, 0) is 22.8 Å². The molecule has 0 aromatic heterocycles. The first kappa shape index (κ1) is 31.3. The van der Waals surface area contributed by atoms with Crippen LogP contribution in [0.1, 0.15) is 60.8 Å². The molecule has 0 heterocycles. The molecule has 0 rings (SSSR count). The van der Waals surface area contributed by atoms with Gasteiger partial charge in [-0.3, -0.25) is 0 Å². The second kappa shape index (κ2) is 19.8. The molecule has 0 radical (unpaired) electrons. The van der Waals surface area contributed by atoms with Crippen LogP contribution in [0.3, 0.4) is 0 Å². The third-order valence-electron chi connectivity index (χ3n) is 6.08. The fourth-order valence-electron chi connectivity index (χ4n) is 3.78. The van der Waals surface area contributed by atoms with E-state index in [9.17, 15) is 0 Å². The Labute approximate surface area is 199 Å². The van der Waals surface area contributed by atoms with Crippen LogP contribution >= 0.6 is 11.8 Å². The van der Waals surface area contributed by atoms with Crippen molar-refractivity contribution in [2.45, 2.75) is 89.9 Å². The Morgan fingerprint density at radius 1 is 0.774 bits per heavy atom. The van der Waals surface area contributed by atoms with Gasteiger partial charge >= 0.3 is 8.80 Å². The Balaban J connectivity index is 4.98. The van der Waals surface area contributed by atoms with E-state index in [2.05, 4.69) is 34.3 Å². The highest BCUT2D eigenvalue weighted by Crippen LogP contribution is 2.35. The van der Waals surface area contributed by atoms with Gasteiger partial charge in [0, 0.05) is 19.8 Å². The zero-order valence-electron chi connectivity index (χ0n) is 21.2. The molecule has 0 saturated carbocycles. The van der Waals surface area contributed by atoms with Crippen LogP contribution < -0.4 is 0 Å². The van der Waals surface area contributed by atoms with E-state index in [-0.39, 0.29) is 4.87 Å². The summed E-state index contributed by atoms with van der Waals surface area (Å²) in [6.07, 6.45) is 3.32. The first-order valence-corrected chi connectivity index (χ1v) is 17.9. The second-order valence-electron chi connectivity index (χ2n) is 7.79. The smallest absolute Gasteiger partial charge is 0.379 e. The molecule has 8 heteroatoms. The Morgan fingerprint density at radius 2 is 1.32 bits per heavy atom. The van der Waals surface area contributed by atoms with Gasteiger partial charge in [-0.15, -0.1) is 11.8 Å². The van der Waals surface area contributed by atoms with Crippen molar-refractivity contribution < 1.29 is 22.8 Å². The summed E-state index contributed by atoms with van der Waals surface area (Å²) in [5.74, 6) is 0. The van der Waals surface area contributed by atoms with Gasteiger partial charge in [-0.25, -0.2) is 0 Å². The number of hydrogen-bond donors (Lipinski definition) is 0. The van der Waals surface area contributed by atoms with E-state index in [4.69, 9.17) is 22.8 Å². The number of rotatable bonds is 23. The van der Waals surface area contributed by atoms with Gasteiger partial charge in [0.15, 0.2) is 0 Å². The van der Waals surface area contributed by atoms with E-state index in [1.54, 1.807) is 11.8 Å². The lowest BCUT2D eigenvalue weighted by Gasteiger charge is -2.37. The molecule has 0 saturated heterocycles. The third kappa shape index (κ3) is 12.4. The summed E-state index contributed by atoms with van der Waals surface area (Å²) in [4.78, 5) is 0.179. The molecular formula is C23H50O5SSi2. The summed E-state index contributed by atoms with van der Waals surface area (Å²) in [6.45, 7) is 21.5. The number of ether oxygens (including phenoxy) is 2. The maximum absolute atomic E-state index is 6.41. The van der Waals surface area contributed by atoms with Gasteiger partial charge in [0.2, 0.25) is 0 Å². The molecular weight excluding hydrogens is 444 g/mol. The summed E-state index contributed by atoms with van der Waals surface area (Å²) in [5.41, 5.74) is 0. The molecule has 0 amide bonds. The number of unbranched alkanes of at least 4 members (excludes halogenated alkanes) is 1. The third-order valence-corrected chi connectivity index (χ3v) is 17.0. The number of hydrogen-bond acceptors (Lipinski definition) is 6. The highest BCUT2D eigenvalue weighted by Gasteiger charge is 2.50. The molecule has 0 aromatic carbocycles. The standard InChI is InChI=1S/C23H50O5SSi2/c1-8-15-17-24-18-19-25-20-21-28-31(26-9-2,27-10-3)23(29-11-4)16-22-30(12-5,13-6)14-7/h11,23H,4,8-10,12-22H2,1-3,5-7H3. The first-order chi connectivity index (χ1) is 15.0. The topological polar surface area (TPSA) is 46.2 Å². The molecule has 5 nitrogen and oxygen atoms in total. The lowest BCUT2D eigenvalue weighted by Crippen LogP contribution is -2.56. The monoisotopic (exact) mass is 494 g/mol. The number of thioether (sulfide) groups is 1. The molecule has 0 aromatic rings. The van der Waals surface area contributed by atoms with Gasteiger partial charge in [-0.2, -0.15) is 0 Å². The van der Waals surface area contributed by atoms with Crippen molar-refractivity contribution in [3.05, 3.63) is 12.0 Å². The van der Waals surface area contributed by atoms with Crippen molar-refractivity contribution in [3.8, 4) is 0 Å². The van der Waals surface area contributed by atoms with Crippen LogP contribution in [0.2, 0.25) is 24.2 Å². The minimum absolute atomic E-state index is 0.179. The van der Waals surface area contributed by atoms with Crippen LogP contribution in [0.5, 0.6) is 0 Å². The van der Waals surface area contributed by atoms with Crippen molar-refractivity contribution in [1.29, 1.82) is 0 Å². The molecule has 31 heavy (non-hydrogen) atoms. The van der Waals surface area contributed by atoms with E-state index >= 15 is 0 Å². The molecule has 0 aliphatic carbocycles. The highest BCUT2D eigenvalue weighted by atomic mass is 32.2. The zero-order chi connectivity index (χ0) is 23.4. The Bertz CT molecular complexity index is 411. The fourth-order valence-corrected chi connectivity index (χ4v) is 12.3. The highest BCUT2D eigenvalue weighted by molar-refractivity contribution is 8.04. The van der Waals surface area contributed by atoms with Crippen LogP contribution in [-0.4, -0.2) is 68.0 Å². The second-order valence-corrected chi connectivity index (χ2v) is 17.8. The zero-order valence-corrected chi connectivity index (χ0v) is 24.0. The predicted octanol–water partition coefficient (Wildman–Crippen LogP) is 6.53. The van der Waals surface area contributed by atoms with E-state index < -0.39 is 16.9 Å². The van der Waals surface area contributed by atoms with Gasteiger partial charge in [-0.1, -0.05) is 64.9 Å². The van der Waals surface area contributed by atoms with Gasteiger partial charge < -0.3 is 22.8 Å². The van der Waals surface area contributed by atoms with Crippen LogP contribution in [0.4, 0.5) is 0 Å². The van der Waals surface area contributed by atoms with Crippen molar-refractivity contribution >= 4 is 28.6 Å². The Morgan fingerprint density at radius 3 is 1.81 bits per heavy atom. The molecule has 1 atom stereocenters. The molecule has 186 valence electrons. The minimum Gasteiger partial charge on any atom is -0.379 e. The molecule has 0 bridgehead atoms. The van der Waals surface area contributed by atoms with Crippen molar-refractivity contribution in [2.24, 2.45) is 0 Å². The molecule has 0 spiro atoms. The SMILES string of the molecule is C=CSC(CC[Si](CC)(CC)CC)[Si](OCC)(OCC)OCCOCCOCCCC. The Kier molecular flexibility index (Phi) is 20.0. The fraction of sp³-hybridized carbons (Fsp3) is 0.913. The van der Waals surface area contributed by atoms with Crippen LogP contribution in [0.25, 0.3) is 0 Å². The lowest BCUT2D eigenvalue weighted by atomic mass is 10.4. The quantitative estimate of drug-likeness (QED) is 0.119. The molecule has 0 aliphatic heterocycles. The average Bonchev–Trinajstić information content (AvgIpc) is 2.78. The largest absolute Gasteiger partial charge is 0.515 e. The van der Waals surface area contributed by atoms with Crippen molar-refractivity contribution in [1.82, 2.24) is 0 Å². The summed E-state index contributed by atoms with van der Waals surface area (Å²) < 4.78 is 30.2. The average molecular weight is 495 g/mol. The Hall–Kier alpha value is 0.324. The molecule has 1 unspecified atom stereocenters. The van der Waals surface area contributed by atoms with Crippen LogP contribution in [0, 0.1) is 0 Å². The van der Waals surface area contributed by atoms with Gasteiger partial charge in [0.05, 0.1) is 39.4 Å². The molecule has 0 fully saturated rings. The predicted molar refractivity (Wildman–Crippen MR) is 140 cm³/mol. The minimum atomic E-state index is -2.87. The van der Waals surface area contributed by atoms with E-state index in [0.717, 1.165) is 25.9 Å². The van der Waals surface area contributed by atoms with Gasteiger partial charge in [0.1, 0.15) is 0 Å².